The van der Waals surface area contributed by atoms with E-state index in [1.54, 1.807) is 20.4 Å². The van der Waals surface area contributed by atoms with Crippen LogP contribution in [0.2, 0.25) is 0 Å². The van der Waals surface area contributed by atoms with Gasteiger partial charge in [-0.2, -0.15) is 0 Å². The Morgan fingerprint density at radius 1 is 1.00 bits per heavy atom. The van der Waals surface area contributed by atoms with Gasteiger partial charge >= 0.3 is 0 Å². The number of rotatable bonds is 6. The van der Waals surface area contributed by atoms with Crippen molar-refractivity contribution in [2.45, 2.75) is 6.54 Å². The van der Waals surface area contributed by atoms with E-state index in [2.05, 4.69) is 15.3 Å². The lowest BCUT2D eigenvalue weighted by atomic mass is 10.1. The third-order valence-corrected chi connectivity index (χ3v) is 5.00. The van der Waals surface area contributed by atoms with Crippen LogP contribution in [0.1, 0.15) is 5.56 Å². The third-order valence-electron chi connectivity index (χ3n) is 5.00. The number of aromatic nitrogens is 3. The molecular formula is C22H20N4O4. The molecule has 2 aromatic carbocycles. The number of hydrogen-bond donors (Lipinski definition) is 1. The Balaban J connectivity index is 1.44. The molecule has 3 heterocycles. The van der Waals surface area contributed by atoms with Gasteiger partial charge in [-0.1, -0.05) is 6.07 Å². The summed E-state index contributed by atoms with van der Waals surface area (Å²) in [7, 11) is 3.24. The molecule has 1 aliphatic rings. The molecule has 0 fully saturated rings. The molecule has 2 aromatic heterocycles. The minimum Gasteiger partial charge on any atom is -0.493 e. The highest BCUT2D eigenvalue weighted by Gasteiger charge is 2.15. The number of nitrogens with one attached hydrogen (secondary N) is 1. The molecule has 8 heteroatoms. The molecule has 5 rings (SSSR count). The van der Waals surface area contributed by atoms with Gasteiger partial charge in [-0.05, 0) is 35.9 Å². The lowest BCUT2D eigenvalue weighted by Crippen LogP contribution is -2.04. The Kier molecular flexibility index (Phi) is 4.51. The summed E-state index contributed by atoms with van der Waals surface area (Å²) in [6.07, 6.45) is 5.46. The van der Waals surface area contributed by atoms with Gasteiger partial charge in [-0.25, -0.2) is 9.97 Å². The Morgan fingerprint density at radius 2 is 1.87 bits per heavy atom. The fourth-order valence-corrected chi connectivity index (χ4v) is 3.49. The second-order valence-electron chi connectivity index (χ2n) is 6.72. The van der Waals surface area contributed by atoms with Crippen molar-refractivity contribution in [3.63, 3.8) is 0 Å². The smallest absolute Gasteiger partial charge is 0.231 e. The summed E-state index contributed by atoms with van der Waals surface area (Å²) >= 11 is 0. The van der Waals surface area contributed by atoms with Gasteiger partial charge in [0.15, 0.2) is 34.5 Å². The summed E-state index contributed by atoms with van der Waals surface area (Å²) in [5.41, 5.74) is 3.70. The van der Waals surface area contributed by atoms with Crippen molar-refractivity contribution in [1.82, 2.24) is 14.4 Å². The van der Waals surface area contributed by atoms with Crippen LogP contribution in [0.4, 0.5) is 5.82 Å². The summed E-state index contributed by atoms with van der Waals surface area (Å²) in [5, 5.41) is 3.37. The molecule has 1 N–H and O–H groups in total. The van der Waals surface area contributed by atoms with Crippen LogP contribution >= 0.6 is 0 Å². The van der Waals surface area contributed by atoms with Crippen molar-refractivity contribution in [1.29, 1.82) is 0 Å². The van der Waals surface area contributed by atoms with E-state index in [0.29, 0.717) is 23.9 Å². The summed E-state index contributed by atoms with van der Waals surface area (Å²) in [4.78, 5) is 9.05. The van der Waals surface area contributed by atoms with Gasteiger partial charge in [0.05, 0.1) is 26.1 Å². The monoisotopic (exact) mass is 404 g/mol. The molecule has 0 saturated heterocycles. The minimum atomic E-state index is 0.264. The Labute approximate surface area is 173 Å². The summed E-state index contributed by atoms with van der Waals surface area (Å²) in [5.74, 6) is 3.58. The van der Waals surface area contributed by atoms with Crippen LogP contribution in [0.3, 0.4) is 0 Å². The standard InChI is InChI=1S/C22H20N4O4/c1-27-17-6-4-15(10-19(17)28-2)16-12-25-22-21(23-7-8-26(16)22)24-11-14-3-5-18-20(9-14)30-13-29-18/h3-10,12H,11,13H2,1-2H3,(H,23,24). The predicted molar refractivity (Wildman–Crippen MR) is 111 cm³/mol. The number of methoxy groups -OCH3 is 2. The van der Waals surface area contributed by atoms with E-state index >= 15 is 0 Å². The van der Waals surface area contributed by atoms with Crippen LogP contribution in [0.25, 0.3) is 16.9 Å². The van der Waals surface area contributed by atoms with E-state index in [0.717, 1.165) is 34.0 Å². The maximum absolute atomic E-state index is 5.45. The molecule has 1 aliphatic heterocycles. The fourth-order valence-electron chi connectivity index (χ4n) is 3.49. The van der Waals surface area contributed by atoms with Crippen LogP contribution < -0.4 is 24.3 Å². The van der Waals surface area contributed by atoms with Crippen LogP contribution in [-0.2, 0) is 6.54 Å². The first-order chi connectivity index (χ1) is 14.8. The van der Waals surface area contributed by atoms with Crippen LogP contribution in [-0.4, -0.2) is 35.4 Å². The number of nitrogens with zero attached hydrogens (tertiary/aromatic N) is 3. The van der Waals surface area contributed by atoms with Crippen molar-refractivity contribution in [2.24, 2.45) is 0 Å². The molecule has 0 saturated carbocycles. The first-order valence-corrected chi connectivity index (χ1v) is 9.43. The average Bonchev–Trinajstić information content (AvgIpc) is 3.44. The van der Waals surface area contributed by atoms with Crippen molar-refractivity contribution in [3.05, 3.63) is 60.6 Å². The lowest BCUT2D eigenvalue weighted by Gasteiger charge is -2.10. The van der Waals surface area contributed by atoms with Gasteiger partial charge in [0.1, 0.15) is 0 Å². The Bertz CT molecular complexity index is 1220. The van der Waals surface area contributed by atoms with Crippen LogP contribution in [0.15, 0.2) is 55.0 Å². The largest absolute Gasteiger partial charge is 0.493 e. The molecule has 0 unspecified atom stereocenters. The SMILES string of the molecule is COc1ccc(-c2cnc3c(NCc4ccc5c(c4)OCO5)nccn23)cc1OC. The lowest BCUT2D eigenvalue weighted by molar-refractivity contribution is 0.174. The summed E-state index contributed by atoms with van der Waals surface area (Å²) < 4.78 is 23.6. The number of fused-ring (bicyclic) bond motifs is 2. The summed E-state index contributed by atoms with van der Waals surface area (Å²) in [6.45, 7) is 0.849. The van der Waals surface area contributed by atoms with Gasteiger partial charge in [0, 0.05) is 24.5 Å². The van der Waals surface area contributed by atoms with E-state index < -0.39 is 0 Å². The van der Waals surface area contributed by atoms with E-state index in [1.165, 1.54) is 0 Å². The molecule has 8 nitrogen and oxygen atoms in total. The molecule has 0 atom stereocenters. The van der Waals surface area contributed by atoms with Crippen molar-refractivity contribution >= 4 is 11.5 Å². The fraction of sp³-hybridized carbons (Fsp3) is 0.182. The van der Waals surface area contributed by atoms with Gasteiger partial charge in [-0.15, -0.1) is 0 Å². The highest BCUT2D eigenvalue weighted by atomic mass is 16.7. The minimum absolute atomic E-state index is 0.264. The van der Waals surface area contributed by atoms with E-state index in [1.807, 2.05) is 53.2 Å². The molecule has 0 amide bonds. The van der Waals surface area contributed by atoms with Crippen molar-refractivity contribution in [2.75, 3.05) is 26.3 Å². The van der Waals surface area contributed by atoms with Gasteiger partial charge in [-0.3, -0.25) is 4.40 Å². The van der Waals surface area contributed by atoms with Gasteiger partial charge in [0.25, 0.3) is 0 Å². The molecule has 0 radical (unpaired) electrons. The van der Waals surface area contributed by atoms with Crippen LogP contribution in [0, 0.1) is 0 Å². The number of ether oxygens (including phenoxy) is 4. The molecule has 0 spiro atoms. The van der Waals surface area contributed by atoms with E-state index in [-0.39, 0.29) is 6.79 Å². The number of anilines is 1. The maximum atomic E-state index is 5.45. The topological polar surface area (TPSA) is 79.1 Å². The number of benzene rings is 2. The normalized spacial score (nSPS) is 12.2. The highest BCUT2D eigenvalue weighted by molar-refractivity contribution is 5.72. The number of hydrogen-bond acceptors (Lipinski definition) is 7. The number of imidazole rings is 1. The first kappa shape index (κ1) is 18.1. The van der Waals surface area contributed by atoms with Gasteiger partial charge < -0.3 is 24.3 Å². The molecule has 0 bridgehead atoms. The molecular weight excluding hydrogens is 384 g/mol. The van der Waals surface area contributed by atoms with Gasteiger partial charge in [0.2, 0.25) is 6.79 Å². The molecule has 4 aromatic rings. The zero-order chi connectivity index (χ0) is 20.5. The quantitative estimate of drug-likeness (QED) is 0.524. The third kappa shape index (κ3) is 3.12. The second-order valence-corrected chi connectivity index (χ2v) is 6.72. The molecule has 152 valence electrons. The van der Waals surface area contributed by atoms with Crippen LogP contribution in [0.5, 0.6) is 23.0 Å². The predicted octanol–water partition coefficient (Wildman–Crippen LogP) is 3.75. The molecule has 0 aliphatic carbocycles. The zero-order valence-electron chi connectivity index (χ0n) is 16.6. The molecule has 30 heavy (non-hydrogen) atoms. The first-order valence-electron chi connectivity index (χ1n) is 9.43. The summed E-state index contributed by atoms with van der Waals surface area (Å²) in [6, 6.07) is 11.7. The van der Waals surface area contributed by atoms with E-state index in [4.69, 9.17) is 18.9 Å². The zero-order valence-corrected chi connectivity index (χ0v) is 16.6. The Morgan fingerprint density at radius 3 is 2.73 bits per heavy atom. The second kappa shape index (κ2) is 7.47. The van der Waals surface area contributed by atoms with Crippen molar-refractivity contribution < 1.29 is 18.9 Å². The van der Waals surface area contributed by atoms with Crippen molar-refractivity contribution in [3.8, 4) is 34.3 Å². The van der Waals surface area contributed by atoms with E-state index in [9.17, 15) is 0 Å². The highest BCUT2D eigenvalue weighted by Crippen LogP contribution is 2.34. The maximum Gasteiger partial charge on any atom is 0.231 e. The average molecular weight is 404 g/mol. The Hall–Kier alpha value is -3.94.